The van der Waals surface area contributed by atoms with E-state index in [1.54, 1.807) is 18.2 Å². The number of benzene rings is 1. The summed E-state index contributed by atoms with van der Waals surface area (Å²) >= 11 is 0. The first-order valence-corrected chi connectivity index (χ1v) is 4.85. The molecule has 0 saturated heterocycles. The van der Waals surface area contributed by atoms with Crippen molar-refractivity contribution >= 4 is 0 Å². The van der Waals surface area contributed by atoms with Crippen molar-refractivity contribution in [1.82, 2.24) is 0 Å². The zero-order valence-corrected chi connectivity index (χ0v) is 8.36. The topological polar surface area (TPSA) is 49.4 Å². The molecule has 1 aromatic rings. The number of ether oxygens (including phenoxy) is 1. The molecule has 1 rings (SSSR count). The quantitative estimate of drug-likeness (QED) is 0.575. The van der Waals surface area contributed by atoms with Crippen molar-refractivity contribution < 1.29 is 19.3 Å². The van der Waals surface area contributed by atoms with E-state index in [4.69, 9.17) is 9.84 Å². The zero-order chi connectivity index (χ0) is 11.1. The molecular formula is C11H14FO3. The maximum atomic E-state index is 13.1. The first-order chi connectivity index (χ1) is 7.24. The Morgan fingerprint density at radius 3 is 2.80 bits per heavy atom. The molecule has 1 N–H and O–H groups in total. The fourth-order valence-electron chi connectivity index (χ4n) is 1.18. The highest BCUT2D eigenvalue weighted by atomic mass is 19.1. The maximum absolute atomic E-state index is 13.1. The van der Waals surface area contributed by atoms with Crippen molar-refractivity contribution in [2.24, 2.45) is 0 Å². The van der Waals surface area contributed by atoms with Gasteiger partial charge in [0.05, 0.1) is 6.61 Å². The SMILES string of the molecule is [O]C(Cc1ccccc1F)OCCCO. The van der Waals surface area contributed by atoms with Crippen molar-refractivity contribution in [2.45, 2.75) is 19.1 Å². The molecule has 0 bridgehead atoms. The predicted octanol–water partition coefficient (Wildman–Crippen LogP) is 1.52. The molecule has 0 aromatic heterocycles. The highest BCUT2D eigenvalue weighted by Crippen LogP contribution is 2.10. The van der Waals surface area contributed by atoms with E-state index >= 15 is 0 Å². The highest BCUT2D eigenvalue weighted by molar-refractivity contribution is 5.17. The van der Waals surface area contributed by atoms with Crippen LogP contribution in [0.15, 0.2) is 24.3 Å². The van der Waals surface area contributed by atoms with Gasteiger partial charge in [0.25, 0.3) is 0 Å². The molecule has 0 heterocycles. The van der Waals surface area contributed by atoms with E-state index in [-0.39, 0.29) is 25.5 Å². The van der Waals surface area contributed by atoms with Crippen molar-refractivity contribution in [3.63, 3.8) is 0 Å². The minimum atomic E-state index is -1.27. The highest BCUT2D eigenvalue weighted by Gasteiger charge is 2.10. The Kier molecular flexibility index (Phi) is 5.25. The van der Waals surface area contributed by atoms with Crippen LogP contribution in [0.3, 0.4) is 0 Å². The van der Waals surface area contributed by atoms with Crippen molar-refractivity contribution in [1.29, 1.82) is 0 Å². The van der Waals surface area contributed by atoms with Crippen molar-refractivity contribution in [2.75, 3.05) is 13.2 Å². The number of halogens is 1. The van der Waals surface area contributed by atoms with E-state index in [9.17, 15) is 9.50 Å². The van der Waals surface area contributed by atoms with Gasteiger partial charge in [0.1, 0.15) is 5.82 Å². The molecule has 0 aliphatic heterocycles. The Hall–Kier alpha value is -0.970. The van der Waals surface area contributed by atoms with E-state index in [1.807, 2.05) is 0 Å². The first-order valence-electron chi connectivity index (χ1n) is 4.85. The normalized spacial score (nSPS) is 12.7. The van der Waals surface area contributed by atoms with E-state index < -0.39 is 6.29 Å². The molecule has 15 heavy (non-hydrogen) atoms. The fraction of sp³-hybridized carbons (Fsp3) is 0.455. The van der Waals surface area contributed by atoms with Gasteiger partial charge in [-0.25, -0.2) is 9.50 Å². The molecule has 0 fully saturated rings. The van der Waals surface area contributed by atoms with Gasteiger partial charge in [0.2, 0.25) is 0 Å². The third-order valence-corrected chi connectivity index (χ3v) is 1.95. The lowest BCUT2D eigenvalue weighted by Crippen LogP contribution is -2.15. The lowest BCUT2D eigenvalue weighted by Gasteiger charge is -2.09. The summed E-state index contributed by atoms with van der Waals surface area (Å²) in [5, 5.41) is 19.7. The van der Waals surface area contributed by atoms with Gasteiger partial charge in [-0.2, -0.15) is 0 Å². The third-order valence-electron chi connectivity index (χ3n) is 1.95. The van der Waals surface area contributed by atoms with E-state index in [2.05, 4.69) is 0 Å². The summed E-state index contributed by atoms with van der Waals surface area (Å²) < 4.78 is 18.0. The van der Waals surface area contributed by atoms with Crippen LogP contribution in [0.2, 0.25) is 0 Å². The van der Waals surface area contributed by atoms with Crippen LogP contribution < -0.4 is 0 Å². The summed E-state index contributed by atoms with van der Waals surface area (Å²) in [4.78, 5) is 0. The van der Waals surface area contributed by atoms with Crippen LogP contribution in [0, 0.1) is 5.82 Å². The second kappa shape index (κ2) is 6.50. The van der Waals surface area contributed by atoms with Gasteiger partial charge in [0, 0.05) is 13.0 Å². The van der Waals surface area contributed by atoms with Crippen LogP contribution in [0.4, 0.5) is 4.39 Å². The van der Waals surface area contributed by atoms with Gasteiger partial charge >= 0.3 is 0 Å². The first kappa shape index (κ1) is 12.1. The van der Waals surface area contributed by atoms with Gasteiger partial charge in [-0.3, -0.25) is 0 Å². The second-order valence-electron chi connectivity index (χ2n) is 3.17. The molecule has 0 amide bonds. The van der Waals surface area contributed by atoms with Crippen LogP contribution in [0.5, 0.6) is 0 Å². The van der Waals surface area contributed by atoms with Crippen LogP contribution in [0.1, 0.15) is 12.0 Å². The van der Waals surface area contributed by atoms with Crippen LogP contribution >= 0.6 is 0 Å². The van der Waals surface area contributed by atoms with E-state index in [0.29, 0.717) is 12.0 Å². The molecule has 0 aliphatic rings. The molecule has 1 aromatic carbocycles. The molecule has 83 valence electrons. The second-order valence-corrected chi connectivity index (χ2v) is 3.17. The van der Waals surface area contributed by atoms with Crippen molar-refractivity contribution in [3.05, 3.63) is 35.6 Å². The Morgan fingerprint density at radius 2 is 2.13 bits per heavy atom. The monoisotopic (exact) mass is 213 g/mol. The maximum Gasteiger partial charge on any atom is 0.195 e. The van der Waals surface area contributed by atoms with Gasteiger partial charge < -0.3 is 9.84 Å². The number of hydrogen-bond acceptors (Lipinski definition) is 2. The number of rotatable bonds is 6. The zero-order valence-electron chi connectivity index (χ0n) is 8.36. The average Bonchev–Trinajstić information content (AvgIpc) is 2.22. The number of aliphatic hydroxyl groups excluding tert-OH is 1. The van der Waals surface area contributed by atoms with E-state index in [1.165, 1.54) is 6.07 Å². The minimum absolute atomic E-state index is 0.00752. The summed E-state index contributed by atoms with van der Waals surface area (Å²) in [6.07, 6.45) is -0.831. The summed E-state index contributed by atoms with van der Waals surface area (Å²) in [5.41, 5.74) is 0.362. The smallest absolute Gasteiger partial charge is 0.195 e. The summed E-state index contributed by atoms with van der Waals surface area (Å²) in [7, 11) is 0. The standard InChI is InChI=1S/C11H14FO3/c12-10-5-2-1-4-9(10)8-11(14)15-7-3-6-13/h1-2,4-5,11,13H,3,6-8H2. The van der Waals surface area contributed by atoms with E-state index in [0.717, 1.165) is 0 Å². The Balaban J connectivity index is 2.37. The number of hydrogen-bond donors (Lipinski definition) is 1. The molecule has 0 aliphatic carbocycles. The molecule has 0 saturated carbocycles. The molecular weight excluding hydrogens is 199 g/mol. The van der Waals surface area contributed by atoms with Gasteiger partial charge in [-0.05, 0) is 18.1 Å². The Bertz CT molecular complexity index is 291. The molecule has 0 spiro atoms. The fourth-order valence-corrected chi connectivity index (χ4v) is 1.18. The minimum Gasteiger partial charge on any atom is -0.396 e. The van der Waals surface area contributed by atoms with Gasteiger partial charge in [0.15, 0.2) is 6.29 Å². The molecule has 4 heteroatoms. The van der Waals surface area contributed by atoms with Crippen LogP contribution in [0.25, 0.3) is 0 Å². The third kappa shape index (κ3) is 4.38. The molecule has 3 nitrogen and oxygen atoms in total. The Labute approximate surface area is 88.1 Å². The van der Waals surface area contributed by atoms with Crippen LogP contribution in [-0.4, -0.2) is 24.6 Å². The van der Waals surface area contributed by atoms with Gasteiger partial charge in [-0.1, -0.05) is 18.2 Å². The molecule has 1 radical (unpaired) electrons. The predicted molar refractivity (Wildman–Crippen MR) is 52.2 cm³/mol. The lowest BCUT2D eigenvalue weighted by atomic mass is 10.1. The average molecular weight is 213 g/mol. The largest absolute Gasteiger partial charge is 0.396 e. The Morgan fingerprint density at radius 1 is 1.40 bits per heavy atom. The van der Waals surface area contributed by atoms with Crippen molar-refractivity contribution in [3.8, 4) is 0 Å². The summed E-state index contributed by atoms with van der Waals surface area (Å²) in [5.74, 6) is -0.385. The molecule has 1 unspecified atom stereocenters. The number of aliphatic hydroxyl groups is 1. The molecule has 1 atom stereocenters. The summed E-state index contributed by atoms with van der Waals surface area (Å²) in [6, 6.07) is 6.13. The van der Waals surface area contributed by atoms with Crippen LogP contribution in [-0.2, 0) is 16.3 Å². The summed E-state index contributed by atoms with van der Waals surface area (Å²) in [6.45, 7) is 0.200. The van der Waals surface area contributed by atoms with Gasteiger partial charge in [-0.15, -0.1) is 0 Å². The lowest BCUT2D eigenvalue weighted by molar-refractivity contribution is -0.140.